The average molecular weight is 315 g/mol. The van der Waals surface area contributed by atoms with Crippen molar-refractivity contribution in [2.75, 3.05) is 0 Å². The van der Waals surface area contributed by atoms with Gasteiger partial charge in [0.25, 0.3) is 0 Å². The van der Waals surface area contributed by atoms with Gasteiger partial charge in [0.2, 0.25) is 0 Å². The first-order valence-corrected chi connectivity index (χ1v) is 9.34. The number of hydrogen-bond acceptors (Lipinski definition) is 3. The molecule has 0 fully saturated rings. The van der Waals surface area contributed by atoms with Crippen LogP contribution in [0, 0.1) is 0 Å². The molecule has 3 nitrogen and oxygen atoms in total. The number of carbonyl (C=O) groups excluding carboxylic acids is 1. The van der Waals surface area contributed by atoms with Crippen molar-refractivity contribution in [1.29, 1.82) is 0 Å². The number of aliphatic hydroxyl groups is 1. The minimum Gasteiger partial charge on any atom is -0.457 e. The lowest BCUT2D eigenvalue weighted by atomic mass is 9.90. The summed E-state index contributed by atoms with van der Waals surface area (Å²) in [5.74, 6) is -0.304. The van der Waals surface area contributed by atoms with Gasteiger partial charge in [-0.05, 0) is 26.2 Å². The molecule has 0 rings (SSSR count). The number of carbonyl (C=O) groups is 1. The van der Waals surface area contributed by atoms with Crippen molar-refractivity contribution in [3.63, 3.8) is 0 Å². The molecule has 22 heavy (non-hydrogen) atoms. The summed E-state index contributed by atoms with van der Waals surface area (Å²) < 4.78 is 5.38. The van der Waals surface area contributed by atoms with Crippen LogP contribution in [0.3, 0.4) is 0 Å². The number of hydrogen-bond donors (Lipinski definition) is 1. The second-order valence-electron chi connectivity index (χ2n) is 6.76. The number of unbranched alkanes of at least 4 members (excludes halogenated alkanes) is 9. The highest BCUT2D eigenvalue weighted by Crippen LogP contribution is 2.26. The second-order valence-corrected chi connectivity index (χ2v) is 6.76. The lowest BCUT2D eigenvalue weighted by Crippen LogP contribution is -2.43. The molecule has 1 N–H and O–H groups in total. The maximum absolute atomic E-state index is 11.2. The molecule has 2 atom stereocenters. The molecular formula is C19H38O3. The van der Waals surface area contributed by atoms with Gasteiger partial charge in [0, 0.05) is 6.92 Å². The van der Waals surface area contributed by atoms with E-state index in [2.05, 4.69) is 6.92 Å². The summed E-state index contributed by atoms with van der Waals surface area (Å²) in [6.07, 6.45) is 13.6. The zero-order valence-corrected chi connectivity index (χ0v) is 15.3. The second kappa shape index (κ2) is 12.9. The smallest absolute Gasteiger partial charge is 0.303 e. The molecule has 0 radical (unpaired) electrons. The molecule has 0 bridgehead atoms. The standard InChI is InChI=1S/C19H38O3/c1-5-7-8-9-10-11-12-13-14-15-16-19(4,18(21)6-2)22-17(3)20/h18,21H,5-16H2,1-4H3. The summed E-state index contributed by atoms with van der Waals surface area (Å²) in [5, 5.41) is 10.1. The van der Waals surface area contributed by atoms with Gasteiger partial charge >= 0.3 is 5.97 Å². The molecule has 0 saturated heterocycles. The van der Waals surface area contributed by atoms with Gasteiger partial charge in [-0.1, -0.05) is 71.6 Å². The van der Waals surface area contributed by atoms with E-state index in [1.165, 1.54) is 58.3 Å². The van der Waals surface area contributed by atoms with E-state index in [9.17, 15) is 9.90 Å². The Bertz CT molecular complexity index is 278. The Morgan fingerprint density at radius 1 is 0.955 bits per heavy atom. The Kier molecular flexibility index (Phi) is 12.6. The van der Waals surface area contributed by atoms with Gasteiger partial charge in [-0.2, -0.15) is 0 Å². The minimum absolute atomic E-state index is 0.304. The van der Waals surface area contributed by atoms with Crippen LogP contribution < -0.4 is 0 Å². The number of aliphatic hydroxyl groups excluding tert-OH is 1. The molecule has 0 aromatic rings. The predicted molar refractivity (Wildman–Crippen MR) is 92.9 cm³/mol. The van der Waals surface area contributed by atoms with E-state index in [4.69, 9.17) is 4.74 Å². The van der Waals surface area contributed by atoms with Crippen molar-refractivity contribution in [1.82, 2.24) is 0 Å². The Labute approximate surface area is 137 Å². The normalized spacial score (nSPS) is 15.3. The number of rotatable bonds is 14. The average Bonchev–Trinajstić information content (AvgIpc) is 2.47. The summed E-state index contributed by atoms with van der Waals surface area (Å²) in [5.41, 5.74) is -0.721. The van der Waals surface area contributed by atoms with Crippen molar-refractivity contribution in [2.45, 2.75) is 116 Å². The van der Waals surface area contributed by atoms with Gasteiger partial charge in [0.05, 0.1) is 6.10 Å². The largest absolute Gasteiger partial charge is 0.457 e. The van der Waals surface area contributed by atoms with Crippen molar-refractivity contribution in [3.05, 3.63) is 0 Å². The summed E-state index contributed by atoms with van der Waals surface area (Å²) in [6.45, 7) is 7.44. The van der Waals surface area contributed by atoms with E-state index in [-0.39, 0.29) is 5.97 Å². The Morgan fingerprint density at radius 3 is 1.82 bits per heavy atom. The summed E-state index contributed by atoms with van der Waals surface area (Å²) in [7, 11) is 0. The maximum atomic E-state index is 11.2. The van der Waals surface area contributed by atoms with Gasteiger partial charge in [-0.15, -0.1) is 0 Å². The third-order valence-electron chi connectivity index (χ3n) is 4.50. The number of ether oxygens (including phenoxy) is 1. The van der Waals surface area contributed by atoms with Crippen LogP contribution in [0.15, 0.2) is 0 Å². The van der Waals surface area contributed by atoms with E-state index in [0.717, 1.165) is 19.3 Å². The molecular weight excluding hydrogens is 276 g/mol. The molecule has 0 aliphatic heterocycles. The zero-order valence-electron chi connectivity index (χ0n) is 15.3. The summed E-state index contributed by atoms with van der Waals surface area (Å²) >= 11 is 0. The Balaban J connectivity index is 3.74. The first-order valence-electron chi connectivity index (χ1n) is 9.34. The predicted octanol–water partition coefficient (Wildman–Crippen LogP) is 5.39. The van der Waals surface area contributed by atoms with Crippen molar-refractivity contribution in [2.24, 2.45) is 0 Å². The van der Waals surface area contributed by atoms with E-state index >= 15 is 0 Å². The highest BCUT2D eigenvalue weighted by atomic mass is 16.6. The highest BCUT2D eigenvalue weighted by molar-refractivity contribution is 5.66. The molecule has 0 saturated carbocycles. The molecule has 2 unspecified atom stereocenters. The van der Waals surface area contributed by atoms with Crippen molar-refractivity contribution in [3.8, 4) is 0 Å². The summed E-state index contributed by atoms with van der Waals surface area (Å²) in [4.78, 5) is 11.2. The fourth-order valence-electron chi connectivity index (χ4n) is 3.01. The van der Waals surface area contributed by atoms with Crippen LogP contribution in [0.4, 0.5) is 0 Å². The van der Waals surface area contributed by atoms with Crippen LogP contribution in [0.2, 0.25) is 0 Å². The topological polar surface area (TPSA) is 46.5 Å². The minimum atomic E-state index is -0.721. The lowest BCUT2D eigenvalue weighted by Gasteiger charge is -2.33. The van der Waals surface area contributed by atoms with Crippen LogP contribution in [-0.4, -0.2) is 22.8 Å². The molecule has 3 heteroatoms. The molecule has 0 heterocycles. The fraction of sp³-hybridized carbons (Fsp3) is 0.947. The van der Waals surface area contributed by atoms with Crippen molar-refractivity contribution >= 4 is 5.97 Å². The maximum Gasteiger partial charge on any atom is 0.303 e. The molecule has 0 aromatic heterocycles. The van der Waals surface area contributed by atoms with Crippen molar-refractivity contribution < 1.29 is 14.6 Å². The molecule has 0 aliphatic rings. The third kappa shape index (κ3) is 10.2. The van der Waals surface area contributed by atoms with Crippen LogP contribution in [0.1, 0.15) is 105 Å². The van der Waals surface area contributed by atoms with Crippen LogP contribution >= 0.6 is 0 Å². The SMILES string of the molecule is CCCCCCCCCCCCC(C)(OC(C)=O)C(O)CC. The van der Waals surface area contributed by atoms with Gasteiger partial charge < -0.3 is 9.84 Å². The third-order valence-corrected chi connectivity index (χ3v) is 4.50. The molecule has 0 amide bonds. The Hall–Kier alpha value is -0.570. The van der Waals surface area contributed by atoms with E-state index < -0.39 is 11.7 Å². The van der Waals surface area contributed by atoms with Crippen LogP contribution in [0.5, 0.6) is 0 Å². The lowest BCUT2D eigenvalue weighted by molar-refractivity contribution is -0.169. The first-order chi connectivity index (χ1) is 10.5. The van der Waals surface area contributed by atoms with Gasteiger partial charge in [0.15, 0.2) is 0 Å². The fourth-order valence-corrected chi connectivity index (χ4v) is 3.01. The van der Waals surface area contributed by atoms with Gasteiger partial charge in [-0.3, -0.25) is 4.79 Å². The molecule has 0 aromatic carbocycles. The van der Waals surface area contributed by atoms with Crippen LogP contribution in [0.25, 0.3) is 0 Å². The quantitative estimate of drug-likeness (QED) is 0.345. The molecule has 0 spiro atoms. The monoisotopic (exact) mass is 314 g/mol. The van der Waals surface area contributed by atoms with Crippen LogP contribution in [-0.2, 0) is 9.53 Å². The first kappa shape index (κ1) is 21.4. The van der Waals surface area contributed by atoms with Gasteiger partial charge in [0.1, 0.15) is 5.60 Å². The molecule has 132 valence electrons. The number of esters is 1. The van der Waals surface area contributed by atoms with E-state index in [1.54, 1.807) is 0 Å². The van der Waals surface area contributed by atoms with Gasteiger partial charge in [-0.25, -0.2) is 0 Å². The molecule has 0 aliphatic carbocycles. The van der Waals surface area contributed by atoms with E-state index in [0.29, 0.717) is 6.42 Å². The summed E-state index contributed by atoms with van der Waals surface area (Å²) in [6, 6.07) is 0. The highest BCUT2D eigenvalue weighted by Gasteiger charge is 2.34. The van der Waals surface area contributed by atoms with E-state index in [1.807, 2.05) is 13.8 Å². The Morgan fingerprint density at radius 2 is 1.41 bits per heavy atom. The zero-order chi connectivity index (χ0) is 16.8.